The molecule has 1 aromatic heterocycles. The first-order valence-corrected chi connectivity index (χ1v) is 8.80. The number of benzene rings is 2. The third-order valence-corrected chi connectivity index (χ3v) is 4.30. The van der Waals surface area contributed by atoms with Gasteiger partial charge in [0.05, 0.1) is 23.7 Å². The second kappa shape index (κ2) is 8.46. The molecule has 0 fully saturated rings. The van der Waals surface area contributed by atoms with Crippen LogP contribution in [-0.4, -0.2) is 31.9 Å². The molecule has 1 amide bonds. The lowest BCUT2D eigenvalue weighted by atomic mass is 9.97. The molecule has 0 bridgehead atoms. The van der Waals surface area contributed by atoms with Gasteiger partial charge in [-0.05, 0) is 29.8 Å². The van der Waals surface area contributed by atoms with Crippen LogP contribution in [0.15, 0.2) is 54.6 Å². The van der Waals surface area contributed by atoms with Crippen LogP contribution in [0.1, 0.15) is 34.1 Å². The highest BCUT2D eigenvalue weighted by atomic mass is 19.4. The van der Waals surface area contributed by atoms with Gasteiger partial charge >= 0.3 is 12.1 Å². The molecule has 0 aliphatic rings. The van der Waals surface area contributed by atoms with Crippen molar-refractivity contribution in [3.8, 4) is 11.6 Å². The molecule has 2 aromatic carbocycles. The van der Waals surface area contributed by atoms with E-state index in [1.54, 1.807) is 0 Å². The number of alkyl halides is 3. The van der Waals surface area contributed by atoms with Crippen molar-refractivity contribution in [2.24, 2.45) is 0 Å². The normalized spacial score (nSPS) is 12.4. The Hall–Kier alpha value is -3.89. The largest absolute Gasteiger partial charge is 0.493 e. The highest BCUT2D eigenvalue weighted by Gasteiger charge is 2.36. The molecule has 11 heteroatoms. The lowest BCUT2D eigenvalue weighted by Gasteiger charge is -2.21. The van der Waals surface area contributed by atoms with Gasteiger partial charge in [-0.1, -0.05) is 24.3 Å². The fraction of sp³-hybridized carbons (Fsp3) is 0.150. The van der Waals surface area contributed by atoms with Crippen LogP contribution in [0.3, 0.4) is 0 Å². The molecule has 162 valence electrons. The van der Waals surface area contributed by atoms with Gasteiger partial charge in [0.2, 0.25) is 5.88 Å². The standard InChI is InChI=1S/C20H15F4N3O4/c21-11-4-3-5-12(8-11)27-17(28)9-16(26-27)19(31)25-15(10-18(29)30)13-6-1-2-7-14(13)20(22,23)24/h1-9,15,28H,10H2,(H,25,31)(H,29,30)/t15-/m0/s1. The number of carboxylic acid groups (broad SMARTS) is 1. The van der Waals surface area contributed by atoms with Crippen LogP contribution in [0.4, 0.5) is 17.6 Å². The van der Waals surface area contributed by atoms with Crippen LogP contribution < -0.4 is 5.32 Å². The maximum atomic E-state index is 13.4. The quantitative estimate of drug-likeness (QED) is 0.511. The Kier molecular flexibility index (Phi) is 5.95. The van der Waals surface area contributed by atoms with E-state index in [-0.39, 0.29) is 5.69 Å². The fourth-order valence-corrected chi connectivity index (χ4v) is 2.98. The Bertz CT molecular complexity index is 1130. The van der Waals surface area contributed by atoms with Crippen LogP contribution in [-0.2, 0) is 11.0 Å². The molecule has 3 N–H and O–H groups in total. The topological polar surface area (TPSA) is 104 Å². The maximum absolute atomic E-state index is 13.4. The van der Waals surface area contributed by atoms with E-state index in [1.807, 2.05) is 0 Å². The minimum absolute atomic E-state index is 0.0982. The SMILES string of the molecule is O=C(O)C[C@H](NC(=O)c1cc(O)n(-c2cccc(F)c2)n1)c1ccccc1C(F)(F)F. The number of hydrogen-bond acceptors (Lipinski definition) is 4. The van der Waals surface area contributed by atoms with Gasteiger partial charge in [-0.15, -0.1) is 0 Å². The maximum Gasteiger partial charge on any atom is 0.416 e. The van der Waals surface area contributed by atoms with Crippen LogP contribution in [0.5, 0.6) is 5.88 Å². The molecular weight excluding hydrogens is 422 g/mol. The van der Waals surface area contributed by atoms with Crippen molar-refractivity contribution in [2.75, 3.05) is 0 Å². The van der Waals surface area contributed by atoms with E-state index in [9.17, 15) is 32.3 Å². The number of hydrogen-bond donors (Lipinski definition) is 3. The molecule has 31 heavy (non-hydrogen) atoms. The molecule has 1 heterocycles. The van der Waals surface area contributed by atoms with Crippen molar-refractivity contribution in [1.82, 2.24) is 15.1 Å². The molecule has 0 saturated carbocycles. The predicted molar refractivity (Wildman–Crippen MR) is 99.1 cm³/mol. The zero-order chi connectivity index (χ0) is 22.8. The van der Waals surface area contributed by atoms with Crippen LogP contribution in [0.2, 0.25) is 0 Å². The highest BCUT2D eigenvalue weighted by Crippen LogP contribution is 2.35. The van der Waals surface area contributed by atoms with Crippen molar-refractivity contribution < 1.29 is 37.4 Å². The third-order valence-electron chi connectivity index (χ3n) is 4.30. The van der Waals surface area contributed by atoms with Crippen molar-refractivity contribution in [3.63, 3.8) is 0 Å². The van der Waals surface area contributed by atoms with Gasteiger partial charge in [0.15, 0.2) is 5.69 Å². The molecule has 1 atom stereocenters. The number of halogens is 4. The summed E-state index contributed by atoms with van der Waals surface area (Å²) in [7, 11) is 0. The number of amides is 1. The number of carbonyl (C=O) groups is 2. The summed E-state index contributed by atoms with van der Waals surface area (Å²) in [6.45, 7) is 0. The first kappa shape index (κ1) is 21.8. The van der Waals surface area contributed by atoms with Crippen molar-refractivity contribution in [3.05, 3.63) is 77.2 Å². The average molecular weight is 437 g/mol. The second-order valence-electron chi connectivity index (χ2n) is 6.49. The molecule has 0 aliphatic carbocycles. The van der Waals surface area contributed by atoms with E-state index in [4.69, 9.17) is 5.11 Å². The van der Waals surface area contributed by atoms with E-state index in [0.717, 1.165) is 41.1 Å². The number of nitrogens with one attached hydrogen (secondary N) is 1. The number of rotatable bonds is 6. The summed E-state index contributed by atoms with van der Waals surface area (Å²) >= 11 is 0. The lowest BCUT2D eigenvalue weighted by Crippen LogP contribution is -2.32. The molecule has 0 spiro atoms. The number of aliphatic carboxylic acids is 1. The molecule has 7 nitrogen and oxygen atoms in total. The van der Waals surface area contributed by atoms with Gasteiger partial charge in [-0.2, -0.15) is 18.3 Å². The molecule has 3 aromatic rings. The Morgan fingerprint density at radius 2 is 1.81 bits per heavy atom. The minimum atomic E-state index is -4.77. The van der Waals surface area contributed by atoms with Gasteiger partial charge in [-0.25, -0.2) is 9.07 Å². The Labute approximate surface area is 172 Å². The molecule has 3 rings (SSSR count). The summed E-state index contributed by atoms with van der Waals surface area (Å²) in [5, 5.41) is 25.2. The number of nitrogens with zero attached hydrogens (tertiary/aromatic N) is 2. The van der Waals surface area contributed by atoms with Crippen molar-refractivity contribution in [2.45, 2.75) is 18.6 Å². The van der Waals surface area contributed by atoms with Crippen LogP contribution in [0, 0.1) is 5.82 Å². The average Bonchev–Trinajstić information content (AvgIpc) is 3.08. The number of aromatic hydroxyl groups is 1. The van der Waals surface area contributed by atoms with E-state index < -0.39 is 59.0 Å². The van der Waals surface area contributed by atoms with Crippen LogP contribution in [0.25, 0.3) is 5.69 Å². The summed E-state index contributed by atoms with van der Waals surface area (Å²) in [6, 6.07) is 8.64. The van der Waals surface area contributed by atoms with E-state index in [2.05, 4.69) is 10.4 Å². The lowest BCUT2D eigenvalue weighted by molar-refractivity contribution is -0.140. The minimum Gasteiger partial charge on any atom is -0.493 e. The van der Waals surface area contributed by atoms with Crippen molar-refractivity contribution in [1.29, 1.82) is 0 Å². The first-order valence-electron chi connectivity index (χ1n) is 8.80. The molecule has 0 unspecified atom stereocenters. The van der Waals surface area contributed by atoms with Crippen LogP contribution >= 0.6 is 0 Å². The first-order chi connectivity index (χ1) is 14.6. The number of carbonyl (C=O) groups excluding carboxylic acids is 1. The predicted octanol–water partition coefficient (Wildman–Crippen LogP) is 3.68. The second-order valence-corrected chi connectivity index (χ2v) is 6.49. The summed E-state index contributed by atoms with van der Waals surface area (Å²) in [4.78, 5) is 23.8. The van der Waals surface area contributed by atoms with E-state index >= 15 is 0 Å². The monoisotopic (exact) mass is 437 g/mol. The molecule has 0 aliphatic heterocycles. The number of aromatic nitrogens is 2. The third kappa shape index (κ3) is 5.00. The molecular formula is C20H15F4N3O4. The fourth-order valence-electron chi connectivity index (χ4n) is 2.98. The summed E-state index contributed by atoms with van der Waals surface area (Å²) in [5.74, 6) is -3.60. The smallest absolute Gasteiger partial charge is 0.416 e. The Balaban J connectivity index is 1.93. The van der Waals surface area contributed by atoms with Gasteiger partial charge in [0.1, 0.15) is 5.82 Å². The van der Waals surface area contributed by atoms with Gasteiger partial charge in [0.25, 0.3) is 5.91 Å². The van der Waals surface area contributed by atoms with Crippen molar-refractivity contribution >= 4 is 11.9 Å². The summed E-state index contributed by atoms with van der Waals surface area (Å²) < 4.78 is 54.3. The zero-order valence-corrected chi connectivity index (χ0v) is 15.6. The zero-order valence-electron chi connectivity index (χ0n) is 15.6. The van der Waals surface area contributed by atoms with E-state index in [1.165, 1.54) is 18.2 Å². The Morgan fingerprint density at radius 1 is 1.10 bits per heavy atom. The van der Waals surface area contributed by atoms with Gasteiger partial charge in [0, 0.05) is 6.07 Å². The van der Waals surface area contributed by atoms with Gasteiger partial charge < -0.3 is 15.5 Å². The summed E-state index contributed by atoms with van der Waals surface area (Å²) in [5.41, 5.74) is -1.82. The highest BCUT2D eigenvalue weighted by molar-refractivity contribution is 5.93. The van der Waals surface area contributed by atoms with Gasteiger partial charge in [-0.3, -0.25) is 9.59 Å². The Morgan fingerprint density at radius 3 is 2.45 bits per heavy atom. The molecule has 0 radical (unpaired) electrons. The number of carboxylic acids is 1. The summed E-state index contributed by atoms with van der Waals surface area (Å²) in [6.07, 6.45) is -5.59. The molecule has 0 saturated heterocycles. The van der Waals surface area contributed by atoms with E-state index in [0.29, 0.717) is 0 Å².